The van der Waals surface area contributed by atoms with Crippen molar-refractivity contribution in [3.05, 3.63) is 59.7 Å². The van der Waals surface area contributed by atoms with Crippen molar-refractivity contribution in [2.45, 2.75) is 18.9 Å². The summed E-state index contributed by atoms with van der Waals surface area (Å²) in [6.07, 6.45) is 4.96. The molecular weight excluding hydrogens is 257 g/mol. The Labute approximate surface area is 117 Å². The Morgan fingerprint density at radius 1 is 1.30 bits per heavy atom. The lowest BCUT2D eigenvalue weighted by Gasteiger charge is -2.18. The number of methoxy groups -OCH3 is 1. The minimum atomic E-state index is -0.368. The van der Waals surface area contributed by atoms with Gasteiger partial charge in [-0.15, -0.1) is 0 Å². The molecule has 4 nitrogen and oxygen atoms in total. The van der Waals surface area contributed by atoms with Crippen molar-refractivity contribution in [3.63, 3.8) is 0 Å². The largest absolute Gasteiger partial charge is 0.494 e. The van der Waals surface area contributed by atoms with Gasteiger partial charge in [-0.2, -0.15) is 0 Å². The second-order valence-electron chi connectivity index (χ2n) is 4.48. The van der Waals surface area contributed by atoms with Crippen LogP contribution in [0.5, 0.6) is 5.75 Å². The van der Waals surface area contributed by atoms with Crippen LogP contribution in [0.2, 0.25) is 0 Å². The summed E-state index contributed by atoms with van der Waals surface area (Å²) in [6, 6.07) is 8.68. The lowest BCUT2D eigenvalue weighted by molar-refractivity contribution is 0.378. The summed E-state index contributed by atoms with van der Waals surface area (Å²) in [5.74, 6) is 5.42. The number of aryl methyl sites for hydroxylation is 1. The number of nitrogens with one attached hydrogen (secondary N) is 1. The Hall–Kier alpha value is -1.98. The van der Waals surface area contributed by atoms with Crippen LogP contribution in [0.1, 0.15) is 23.6 Å². The van der Waals surface area contributed by atoms with Gasteiger partial charge in [0.05, 0.1) is 7.11 Å². The molecule has 1 unspecified atom stereocenters. The molecule has 2 rings (SSSR count). The number of nitrogens with zero attached hydrogens (tertiary/aromatic N) is 1. The maximum atomic E-state index is 14.2. The number of ether oxygens (including phenoxy) is 1. The van der Waals surface area contributed by atoms with Gasteiger partial charge in [0.2, 0.25) is 0 Å². The third-order valence-corrected chi connectivity index (χ3v) is 3.26. The molecule has 0 saturated carbocycles. The first-order valence-corrected chi connectivity index (χ1v) is 6.43. The minimum Gasteiger partial charge on any atom is -0.494 e. The summed E-state index contributed by atoms with van der Waals surface area (Å²) in [7, 11) is 1.45. The second kappa shape index (κ2) is 6.98. The Morgan fingerprint density at radius 2 is 2.05 bits per heavy atom. The molecule has 0 amide bonds. The average molecular weight is 275 g/mol. The standard InChI is InChI=1S/C15H18FN3O/c1-20-14-4-2-3-12(15(14)16)13(19-17)6-5-11-7-9-18-10-8-11/h2-4,7-10,13,19H,5-6,17H2,1H3. The van der Waals surface area contributed by atoms with Crippen LogP contribution in [0, 0.1) is 5.82 Å². The van der Waals surface area contributed by atoms with Crippen molar-refractivity contribution in [3.8, 4) is 5.75 Å². The van der Waals surface area contributed by atoms with E-state index in [4.69, 9.17) is 10.6 Å². The molecule has 3 N–H and O–H groups in total. The van der Waals surface area contributed by atoms with Gasteiger partial charge in [0.25, 0.3) is 0 Å². The lowest BCUT2D eigenvalue weighted by atomic mass is 9.99. The van der Waals surface area contributed by atoms with Crippen molar-refractivity contribution < 1.29 is 9.13 Å². The molecule has 0 radical (unpaired) electrons. The van der Waals surface area contributed by atoms with Crippen LogP contribution in [-0.2, 0) is 6.42 Å². The Balaban J connectivity index is 2.12. The highest BCUT2D eigenvalue weighted by molar-refractivity contribution is 5.33. The molecule has 20 heavy (non-hydrogen) atoms. The van der Waals surface area contributed by atoms with Gasteiger partial charge in [-0.25, -0.2) is 4.39 Å². The number of hydrogen-bond acceptors (Lipinski definition) is 4. The number of pyridine rings is 1. The van der Waals surface area contributed by atoms with E-state index in [0.717, 1.165) is 12.0 Å². The molecule has 1 heterocycles. The molecule has 1 atom stereocenters. The maximum absolute atomic E-state index is 14.2. The number of hydrazine groups is 1. The van der Waals surface area contributed by atoms with Gasteiger partial charge in [0.15, 0.2) is 11.6 Å². The molecule has 0 fully saturated rings. The third-order valence-electron chi connectivity index (χ3n) is 3.26. The number of rotatable bonds is 6. The quantitative estimate of drug-likeness (QED) is 0.627. The number of halogens is 1. The van der Waals surface area contributed by atoms with E-state index >= 15 is 0 Å². The van der Waals surface area contributed by atoms with Gasteiger partial charge < -0.3 is 4.74 Å². The molecule has 2 aromatic rings. The fraction of sp³-hybridized carbons (Fsp3) is 0.267. The van der Waals surface area contributed by atoms with Crippen molar-refractivity contribution >= 4 is 0 Å². The first-order chi connectivity index (χ1) is 9.76. The van der Waals surface area contributed by atoms with E-state index in [1.54, 1.807) is 30.6 Å². The van der Waals surface area contributed by atoms with Crippen LogP contribution >= 0.6 is 0 Å². The number of hydrogen-bond donors (Lipinski definition) is 2. The van der Waals surface area contributed by atoms with Gasteiger partial charge in [0.1, 0.15) is 0 Å². The molecule has 0 aliphatic heterocycles. The Bertz CT molecular complexity index is 548. The summed E-state index contributed by atoms with van der Waals surface area (Å²) in [5.41, 5.74) is 4.33. The highest BCUT2D eigenvalue weighted by Gasteiger charge is 2.17. The highest BCUT2D eigenvalue weighted by atomic mass is 19.1. The zero-order valence-corrected chi connectivity index (χ0v) is 11.3. The van der Waals surface area contributed by atoms with E-state index in [-0.39, 0.29) is 17.6 Å². The molecule has 0 aliphatic carbocycles. The lowest BCUT2D eigenvalue weighted by Crippen LogP contribution is -2.29. The summed E-state index contributed by atoms with van der Waals surface area (Å²) in [4.78, 5) is 3.97. The molecule has 106 valence electrons. The topological polar surface area (TPSA) is 60.2 Å². The van der Waals surface area contributed by atoms with Crippen LogP contribution in [0.3, 0.4) is 0 Å². The Morgan fingerprint density at radius 3 is 2.70 bits per heavy atom. The fourth-order valence-electron chi connectivity index (χ4n) is 2.14. The number of benzene rings is 1. The normalized spacial score (nSPS) is 12.2. The average Bonchev–Trinajstić information content (AvgIpc) is 2.50. The smallest absolute Gasteiger partial charge is 0.169 e. The minimum absolute atomic E-state index is 0.228. The van der Waals surface area contributed by atoms with Crippen molar-refractivity contribution in [1.29, 1.82) is 0 Å². The zero-order valence-electron chi connectivity index (χ0n) is 11.3. The summed E-state index contributed by atoms with van der Waals surface area (Å²) < 4.78 is 19.2. The van der Waals surface area contributed by atoms with E-state index in [9.17, 15) is 4.39 Å². The van der Waals surface area contributed by atoms with E-state index in [0.29, 0.717) is 12.0 Å². The van der Waals surface area contributed by atoms with E-state index in [1.165, 1.54) is 7.11 Å². The molecule has 1 aromatic carbocycles. The molecule has 0 aliphatic rings. The van der Waals surface area contributed by atoms with Crippen LogP contribution in [-0.4, -0.2) is 12.1 Å². The van der Waals surface area contributed by atoms with Gasteiger partial charge in [-0.3, -0.25) is 16.3 Å². The van der Waals surface area contributed by atoms with Crippen LogP contribution < -0.4 is 16.0 Å². The molecule has 0 saturated heterocycles. The molecule has 0 spiro atoms. The number of aromatic nitrogens is 1. The molecule has 5 heteroatoms. The summed E-state index contributed by atoms with van der Waals surface area (Å²) in [6.45, 7) is 0. The predicted octanol–water partition coefficient (Wildman–Crippen LogP) is 2.37. The second-order valence-corrected chi connectivity index (χ2v) is 4.48. The van der Waals surface area contributed by atoms with E-state index in [2.05, 4.69) is 10.4 Å². The summed E-state index contributed by atoms with van der Waals surface area (Å²) >= 11 is 0. The van der Waals surface area contributed by atoms with E-state index in [1.807, 2.05) is 12.1 Å². The van der Waals surface area contributed by atoms with Crippen LogP contribution in [0.25, 0.3) is 0 Å². The molecule has 1 aromatic heterocycles. The maximum Gasteiger partial charge on any atom is 0.169 e. The van der Waals surface area contributed by atoms with Gasteiger partial charge in [0, 0.05) is 24.0 Å². The first-order valence-electron chi connectivity index (χ1n) is 6.43. The fourth-order valence-corrected chi connectivity index (χ4v) is 2.14. The molecule has 0 bridgehead atoms. The van der Waals surface area contributed by atoms with Crippen LogP contribution in [0.4, 0.5) is 4.39 Å². The van der Waals surface area contributed by atoms with Gasteiger partial charge in [-0.1, -0.05) is 12.1 Å². The van der Waals surface area contributed by atoms with Crippen molar-refractivity contribution in [1.82, 2.24) is 10.4 Å². The van der Waals surface area contributed by atoms with E-state index < -0.39 is 0 Å². The highest BCUT2D eigenvalue weighted by Crippen LogP contribution is 2.27. The first kappa shape index (κ1) is 14.4. The number of nitrogens with two attached hydrogens (primary N) is 1. The van der Waals surface area contributed by atoms with Gasteiger partial charge in [-0.05, 0) is 36.6 Å². The van der Waals surface area contributed by atoms with Crippen molar-refractivity contribution in [2.24, 2.45) is 5.84 Å². The molecular formula is C15H18FN3O. The predicted molar refractivity (Wildman–Crippen MR) is 75.6 cm³/mol. The zero-order chi connectivity index (χ0) is 14.4. The summed E-state index contributed by atoms with van der Waals surface area (Å²) in [5, 5.41) is 0. The SMILES string of the molecule is COc1cccc(C(CCc2ccncc2)NN)c1F. The Kier molecular flexibility index (Phi) is 5.03. The van der Waals surface area contributed by atoms with Crippen LogP contribution in [0.15, 0.2) is 42.7 Å². The monoisotopic (exact) mass is 275 g/mol. The van der Waals surface area contributed by atoms with Crippen molar-refractivity contribution in [2.75, 3.05) is 7.11 Å². The van der Waals surface area contributed by atoms with Gasteiger partial charge >= 0.3 is 0 Å². The third kappa shape index (κ3) is 3.31.